The molecule has 0 spiro atoms. The highest BCUT2D eigenvalue weighted by atomic mass is 35.5. The van der Waals surface area contributed by atoms with Crippen molar-refractivity contribution in [1.29, 1.82) is 0 Å². The monoisotopic (exact) mass is 518 g/mol. The van der Waals surface area contributed by atoms with Gasteiger partial charge in [-0.05, 0) is 92.8 Å². The molecule has 1 heterocycles. The minimum Gasteiger partial charge on any atom is -0.487 e. The number of aryl methyl sites for hydroxylation is 1. The Morgan fingerprint density at radius 2 is 1.94 bits per heavy atom. The summed E-state index contributed by atoms with van der Waals surface area (Å²) in [6.07, 6.45) is 5.39. The number of hydrogen-bond acceptors (Lipinski definition) is 5. The van der Waals surface area contributed by atoms with Crippen LogP contribution in [0.3, 0.4) is 0 Å². The van der Waals surface area contributed by atoms with Gasteiger partial charge in [0.15, 0.2) is 0 Å². The fourth-order valence-corrected chi connectivity index (χ4v) is 5.48. The van der Waals surface area contributed by atoms with Crippen LogP contribution in [0.1, 0.15) is 67.9 Å². The molecule has 0 saturated heterocycles. The molecular formula is C27H35ClN2O4S. The van der Waals surface area contributed by atoms with E-state index < -0.39 is 21.2 Å². The molecule has 6 nitrogen and oxygen atoms in total. The molecule has 2 aromatic carbocycles. The first-order valence-corrected chi connectivity index (χ1v) is 14.4. The average Bonchev–Trinajstić information content (AvgIpc) is 2.84. The number of halogens is 1. The standard InChI is InChI=1S/C27H35ClN2O4S/c1-18(2)35(32,33)29-27(31)21-10-12-26-25(15-21)30(16-22-8-7-19(22)3)13-5-4-6-20-14-24(28)11-9-23(20)17-34-26/h9-12,14-15,18-19,22H,4-8,13,16-17H2,1-3H3,(H,29,31)/t19-,22+/m1/s1. The van der Waals surface area contributed by atoms with Crippen LogP contribution in [0.5, 0.6) is 5.75 Å². The Hall–Kier alpha value is -2.25. The molecule has 1 saturated carbocycles. The van der Waals surface area contributed by atoms with E-state index in [0.717, 1.165) is 48.6 Å². The lowest BCUT2D eigenvalue weighted by molar-refractivity contribution is 0.0981. The van der Waals surface area contributed by atoms with Crippen molar-refractivity contribution in [3.05, 3.63) is 58.1 Å². The van der Waals surface area contributed by atoms with Crippen molar-refractivity contribution in [2.75, 3.05) is 18.0 Å². The SMILES string of the molecule is CC(C)S(=O)(=O)NC(=O)c1ccc2c(c1)N(C[C@@H]1CC[C@H]1C)CCCCc1cc(Cl)ccc1CO2. The number of hydrogen-bond donors (Lipinski definition) is 1. The molecule has 1 fully saturated rings. The molecule has 0 aromatic heterocycles. The van der Waals surface area contributed by atoms with Crippen molar-refractivity contribution in [1.82, 2.24) is 4.72 Å². The van der Waals surface area contributed by atoms with Crippen LogP contribution in [0.4, 0.5) is 5.69 Å². The number of nitrogens with one attached hydrogen (secondary N) is 1. The normalized spacial score (nSPS) is 20.7. The van der Waals surface area contributed by atoms with E-state index in [1.807, 2.05) is 18.2 Å². The van der Waals surface area contributed by atoms with Crippen molar-refractivity contribution in [3.8, 4) is 5.75 Å². The van der Waals surface area contributed by atoms with Gasteiger partial charge < -0.3 is 9.64 Å². The Morgan fingerprint density at radius 3 is 2.63 bits per heavy atom. The fourth-order valence-electron chi connectivity index (χ4n) is 4.68. The molecule has 35 heavy (non-hydrogen) atoms. The van der Waals surface area contributed by atoms with Crippen LogP contribution in [-0.4, -0.2) is 32.7 Å². The predicted molar refractivity (Wildman–Crippen MR) is 141 cm³/mol. The fraction of sp³-hybridized carbons (Fsp3) is 0.519. The van der Waals surface area contributed by atoms with Gasteiger partial charge in [0, 0.05) is 23.7 Å². The first-order chi connectivity index (χ1) is 16.6. The lowest BCUT2D eigenvalue weighted by Gasteiger charge is -2.39. The van der Waals surface area contributed by atoms with Gasteiger partial charge in [-0.25, -0.2) is 13.1 Å². The van der Waals surface area contributed by atoms with Crippen molar-refractivity contribution >= 4 is 33.2 Å². The van der Waals surface area contributed by atoms with E-state index in [1.54, 1.807) is 32.0 Å². The second kappa shape index (κ2) is 10.8. The molecular weight excluding hydrogens is 484 g/mol. The third-order valence-electron chi connectivity index (χ3n) is 7.35. The zero-order valence-electron chi connectivity index (χ0n) is 20.7. The number of rotatable bonds is 5. The summed E-state index contributed by atoms with van der Waals surface area (Å²) in [5.41, 5.74) is 3.46. The molecule has 2 aromatic rings. The Labute approximate surface area is 214 Å². The third kappa shape index (κ3) is 6.12. The van der Waals surface area contributed by atoms with Gasteiger partial charge in [0.1, 0.15) is 12.4 Å². The van der Waals surface area contributed by atoms with Gasteiger partial charge in [-0.2, -0.15) is 0 Å². The van der Waals surface area contributed by atoms with Crippen LogP contribution in [0, 0.1) is 11.8 Å². The first-order valence-electron chi connectivity index (χ1n) is 12.5. The highest BCUT2D eigenvalue weighted by Gasteiger charge is 2.30. The number of carbonyl (C=O) groups is 1. The largest absolute Gasteiger partial charge is 0.487 e. The summed E-state index contributed by atoms with van der Waals surface area (Å²) >= 11 is 6.26. The maximum atomic E-state index is 12.9. The summed E-state index contributed by atoms with van der Waals surface area (Å²) in [5.74, 6) is 1.35. The lowest BCUT2D eigenvalue weighted by atomic mass is 9.74. The molecule has 1 N–H and O–H groups in total. The highest BCUT2D eigenvalue weighted by molar-refractivity contribution is 7.90. The van der Waals surface area contributed by atoms with E-state index in [1.165, 1.54) is 18.4 Å². The summed E-state index contributed by atoms with van der Waals surface area (Å²) in [6.45, 7) is 7.52. The van der Waals surface area contributed by atoms with Crippen LogP contribution >= 0.6 is 11.6 Å². The van der Waals surface area contributed by atoms with Gasteiger partial charge in [-0.15, -0.1) is 0 Å². The van der Waals surface area contributed by atoms with Crippen LogP contribution in [0.25, 0.3) is 0 Å². The van der Waals surface area contributed by atoms with E-state index in [2.05, 4.69) is 16.5 Å². The number of carbonyl (C=O) groups excluding carboxylic acids is 1. The van der Waals surface area contributed by atoms with Crippen LogP contribution in [0.2, 0.25) is 5.02 Å². The van der Waals surface area contributed by atoms with Crippen LogP contribution < -0.4 is 14.4 Å². The van der Waals surface area contributed by atoms with E-state index >= 15 is 0 Å². The zero-order valence-corrected chi connectivity index (χ0v) is 22.3. The van der Waals surface area contributed by atoms with Crippen LogP contribution in [-0.2, 0) is 23.1 Å². The van der Waals surface area contributed by atoms with E-state index in [4.69, 9.17) is 16.3 Å². The third-order valence-corrected chi connectivity index (χ3v) is 9.29. The lowest BCUT2D eigenvalue weighted by Crippen LogP contribution is -2.38. The van der Waals surface area contributed by atoms with Gasteiger partial charge in [0.2, 0.25) is 10.0 Å². The maximum absolute atomic E-state index is 12.9. The number of nitrogens with zero attached hydrogens (tertiary/aromatic N) is 1. The first kappa shape index (κ1) is 25.8. The molecule has 1 aliphatic carbocycles. The van der Waals surface area contributed by atoms with Gasteiger partial charge in [-0.3, -0.25) is 4.79 Å². The second-order valence-electron chi connectivity index (χ2n) is 10.1. The molecule has 1 amide bonds. The Kier molecular flexibility index (Phi) is 7.96. The molecule has 1 aliphatic heterocycles. The highest BCUT2D eigenvalue weighted by Crippen LogP contribution is 2.38. The molecule has 0 bridgehead atoms. The molecule has 0 unspecified atom stereocenters. The summed E-state index contributed by atoms with van der Waals surface area (Å²) in [6, 6.07) is 11.1. The second-order valence-corrected chi connectivity index (χ2v) is 12.8. The molecule has 2 aliphatic rings. The number of fused-ring (bicyclic) bond motifs is 2. The zero-order chi connectivity index (χ0) is 25.2. The van der Waals surface area contributed by atoms with Crippen LogP contribution in [0.15, 0.2) is 36.4 Å². The average molecular weight is 519 g/mol. The van der Waals surface area contributed by atoms with Crippen molar-refractivity contribution in [2.45, 2.75) is 64.7 Å². The van der Waals surface area contributed by atoms with Crippen molar-refractivity contribution in [2.24, 2.45) is 11.8 Å². The minimum atomic E-state index is -3.72. The van der Waals surface area contributed by atoms with Crippen molar-refractivity contribution in [3.63, 3.8) is 0 Å². The number of ether oxygens (including phenoxy) is 1. The summed E-state index contributed by atoms with van der Waals surface area (Å²) in [7, 11) is -3.72. The maximum Gasteiger partial charge on any atom is 0.264 e. The van der Waals surface area contributed by atoms with Gasteiger partial charge in [0.05, 0.1) is 10.9 Å². The van der Waals surface area contributed by atoms with Gasteiger partial charge >= 0.3 is 0 Å². The quantitative estimate of drug-likeness (QED) is 0.559. The number of amides is 1. The molecule has 2 atom stereocenters. The molecule has 0 radical (unpaired) electrons. The summed E-state index contributed by atoms with van der Waals surface area (Å²) in [5, 5.41) is 0.0342. The number of anilines is 1. The summed E-state index contributed by atoms with van der Waals surface area (Å²) in [4.78, 5) is 15.2. The Morgan fingerprint density at radius 1 is 1.14 bits per heavy atom. The predicted octanol–water partition coefficient (Wildman–Crippen LogP) is 5.58. The number of sulfonamides is 1. The van der Waals surface area contributed by atoms with E-state index in [9.17, 15) is 13.2 Å². The molecule has 190 valence electrons. The van der Waals surface area contributed by atoms with E-state index in [-0.39, 0.29) is 0 Å². The molecule has 8 heteroatoms. The Balaban J connectivity index is 1.68. The smallest absolute Gasteiger partial charge is 0.264 e. The minimum absolute atomic E-state index is 0.310. The Bertz CT molecular complexity index is 1180. The van der Waals surface area contributed by atoms with Crippen molar-refractivity contribution < 1.29 is 17.9 Å². The topological polar surface area (TPSA) is 75.7 Å². The summed E-state index contributed by atoms with van der Waals surface area (Å²) < 4.78 is 33.1. The number of benzene rings is 2. The van der Waals surface area contributed by atoms with E-state index in [0.29, 0.717) is 29.8 Å². The molecule has 4 rings (SSSR count). The van der Waals surface area contributed by atoms with Gasteiger partial charge in [0.25, 0.3) is 5.91 Å². The van der Waals surface area contributed by atoms with Gasteiger partial charge in [-0.1, -0.05) is 31.0 Å².